The van der Waals surface area contributed by atoms with Crippen molar-refractivity contribution in [3.63, 3.8) is 0 Å². The highest BCUT2D eigenvalue weighted by Gasteiger charge is 2.28. The zero-order chi connectivity index (χ0) is 13.1. The van der Waals surface area contributed by atoms with Crippen molar-refractivity contribution in [3.05, 3.63) is 33.0 Å². The molecule has 2 atom stereocenters. The van der Waals surface area contributed by atoms with Crippen LogP contribution in [0.5, 0.6) is 0 Å². The normalized spacial score (nSPS) is 21.9. The molecule has 0 saturated carbocycles. The molecule has 1 saturated heterocycles. The lowest BCUT2D eigenvalue weighted by Crippen LogP contribution is -2.36. The molecule has 1 aliphatic heterocycles. The molecule has 6 heteroatoms. The molecule has 0 amide bonds. The fraction of sp³-hybridized carbons (Fsp3) is 0.500. The average molecular weight is 354 g/mol. The summed E-state index contributed by atoms with van der Waals surface area (Å²) in [5.74, 6) is 6.32. The summed E-state index contributed by atoms with van der Waals surface area (Å²) in [5.41, 5.74) is 3.29. The summed E-state index contributed by atoms with van der Waals surface area (Å²) in [6.45, 7) is 0. The molecule has 0 bridgehead atoms. The lowest BCUT2D eigenvalue weighted by molar-refractivity contribution is 0.469. The number of halogens is 3. The van der Waals surface area contributed by atoms with Gasteiger partial charge in [-0.15, -0.1) is 0 Å². The lowest BCUT2D eigenvalue weighted by atomic mass is 9.99. The van der Waals surface area contributed by atoms with E-state index in [0.717, 1.165) is 12.2 Å². The highest BCUT2D eigenvalue weighted by Crippen LogP contribution is 2.38. The van der Waals surface area contributed by atoms with Crippen LogP contribution < -0.4 is 11.3 Å². The van der Waals surface area contributed by atoms with Gasteiger partial charge in [-0.3, -0.25) is 11.3 Å². The van der Waals surface area contributed by atoms with Gasteiger partial charge >= 0.3 is 0 Å². The Balaban J connectivity index is 2.29. The molecule has 100 valence electrons. The van der Waals surface area contributed by atoms with Crippen LogP contribution in [0.3, 0.4) is 0 Å². The molecule has 1 heterocycles. The van der Waals surface area contributed by atoms with E-state index in [1.54, 1.807) is 12.1 Å². The van der Waals surface area contributed by atoms with Crippen molar-refractivity contribution in [3.8, 4) is 0 Å². The standard InChI is InChI=1S/C12H15BrClFN2S/c13-8-5-4-7(11(15)10(8)14)12(17-16)9-3-1-2-6-18-9/h4-5,9,12,17H,1-3,6,16H2. The summed E-state index contributed by atoms with van der Waals surface area (Å²) in [6.07, 6.45) is 3.44. The van der Waals surface area contributed by atoms with Crippen molar-refractivity contribution in [1.82, 2.24) is 5.43 Å². The summed E-state index contributed by atoms with van der Waals surface area (Å²) in [4.78, 5) is 0. The van der Waals surface area contributed by atoms with E-state index in [1.165, 1.54) is 12.8 Å². The topological polar surface area (TPSA) is 38.0 Å². The van der Waals surface area contributed by atoms with Crippen molar-refractivity contribution < 1.29 is 4.39 Å². The van der Waals surface area contributed by atoms with Crippen LogP contribution >= 0.6 is 39.3 Å². The van der Waals surface area contributed by atoms with E-state index in [-0.39, 0.29) is 16.9 Å². The third-order valence-corrected chi connectivity index (χ3v) is 5.89. The van der Waals surface area contributed by atoms with Crippen molar-refractivity contribution in [2.24, 2.45) is 5.84 Å². The van der Waals surface area contributed by atoms with E-state index >= 15 is 0 Å². The average Bonchev–Trinajstić information content (AvgIpc) is 2.41. The number of thioether (sulfide) groups is 1. The molecule has 1 aromatic rings. The molecule has 2 unspecified atom stereocenters. The summed E-state index contributed by atoms with van der Waals surface area (Å²) in [5, 5.41) is 0.420. The van der Waals surface area contributed by atoms with Gasteiger partial charge in [-0.05, 0) is 40.6 Å². The number of hydrogen-bond donors (Lipinski definition) is 2. The molecule has 1 aromatic carbocycles. The van der Waals surface area contributed by atoms with E-state index in [9.17, 15) is 4.39 Å². The highest BCUT2D eigenvalue weighted by atomic mass is 79.9. The fourth-order valence-electron chi connectivity index (χ4n) is 2.21. The van der Waals surface area contributed by atoms with Crippen LogP contribution in [0.4, 0.5) is 4.39 Å². The molecule has 2 rings (SSSR count). The maximum Gasteiger partial charge on any atom is 0.147 e. The van der Waals surface area contributed by atoms with E-state index in [0.29, 0.717) is 15.3 Å². The first-order valence-corrected chi connectivity index (χ1v) is 8.08. The van der Waals surface area contributed by atoms with Crippen molar-refractivity contribution in [2.45, 2.75) is 30.6 Å². The molecule has 2 nitrogen and oxygen atoms in total. The number of rotatable bonds is 3. The van der Waals surface area contributed by atoms with Crippen molar-refractivity contribution >= 4 is 39.3 Å². The minimum Gasteiger partial charge on any atom is -0.271 e. The van der Waals surface area contributed by atoms with E-state index in [1.807, 2.05) is 11.8 Å². The Morgan fingerprint density at radius 3 is 2.89 bits per heavy atom. The fourth-order valence-corrected chi connectivity index (χ4v) is 4.11. The van der Waals surface area contributed by atoms with Crippen LogP contribution in [0.15, 0.2) is 16.6 Å². The van der Waals surface area contributed by atoms with Crippen LogP contribution in [-0.2, 0) is 0 Å². The highest BCUT2D eigenvalue weighted by molar-refractivity contribution is 9.10. The zero-order valence-electron chi connectivity index (χ0n) is 9.76. The van der Waals surface area contributed by atoms with E-state index in [2.05, 4.69) is 21.4 Å². The zero-order valence-corrected chi connectivity index (χ0v) is 12.9. The first kappa shape index (κ1) is 14.6. The van der Waals surface area contributed by atoms with Crippen LogP contribution in [0.1, 0.15) is 30.9 Å². The van der Waals surface area contributed by atoms with Gasteiger partial charge < -0.3 is 0 Å². The minimum atomic E-state index is -0.389. The Hall–Kier alpha value is 0.190. The van der Waals surface area contributed by atoms with Gasteiger partial charge in [-0.1, -0.05) is 24.1 Å². The first-order chi connectivity index (χ1) is 8.65. The van der Waals surface area contributed by atoms with Crippen molar-refractivity contribution in [2.75, 3.05) is 5.75 Å². The van der Waals surface area contributed by atoms with E-state index < -0.39 is 0 Å². The molecule has 0 aliphatic carbocycles. The maximum absolute atomic E-state index is 14.2. The van der Waals surface area contributed by atoms with Crippen LogP contribution in [0, 0.1) is 5.82 Å². The Kier molecular flexibility index (Phi) is 5.33. The molecule has 1 fully saturated rings. The smallest absolute Gasteiger partial charge is 0.147 e. The molecule has 0 aromatic heterocycles. The number of benzene rings is 1. The quantitative estimate of drug-likeness (QED) is 0.489. The second-order valence-electron chi connectivity index (χ2n) is 4.31. The molecule has 18 heavy (non-hydrogen) atoms. The number of nitrogens with one attached hydrogen (secondary N) is 1. The first-order valence-electron chi connectivity index (χ1n) is 5.86. The summed E-state index contributed by atoms with van der Waals surface area (Å²) in [6, 6.07) is 3.31. The third kappa shape index (κ3) is 3.02. The maximum atomic E-state index is 14.2. The molecule has 0 spiro atoms. The number of nitrogens with two attached hydrogens (primary N) is 1. The molecular formula is C12H15BrClFN2S. The van der Waals surface area contributed by atoms with Gasteiger partial charge in [-0.2, -0.15) is 11.8 Å². The number of hydrazine groups is 1. The second-order valence-corrected chi connectivity index (χ2v) is 6.89. The Labute approximate surface area is 124 Å². The van der Waals surface area contributed by atoms with Crippen LogP contribution in [0.25, 0.3) is 0 Å². The minimum absolute atomic E-state index is 0.119. The Morgan fingerprint density at radius 1 is 1.50 bits per heavy atom. The SMILES string of the molecule is NNC(c1ccc(Br)c(Cl)c1F)C1CCCCS1. The van der Waals surface area contributed by atoms with Gasteiger partial charge in [0.15, 0.2) is 0 Å². The van der Waals surface area contributed by atoms with Gasteiger partial charge in [0.2, 0.25) is 0 Å². The molecule has 1 aliphatic rings. The van der Waals surface area contributed by atoms with Crippen LogP contribution in [0.2, 0.25) is 5.02 Å². The predicted octanol–water partition coefficient (Wildman–Crippen LogP) is 4.03. The summed E-state index contributed by atoms with van der Waals surface area (Å²) in [7, 11) is 0. The Morgan fingerprint density at radius 2 is 2.28 bits per heavy atom. The third-order valence-electron chi connectivity index (χ3n) is 3.17. The largest absolute Gasteiger partial charge is 0.271 e. The van der Waals surface area contributed by atoms with Crippen molar-refractivity contribution in [1.29, 1.82) is 0 Å². The number of hydrogen-bond acceptors (Lipinski definition) is 3. The van der Waals surface area contributed by atoms with Gasteiger partial charge in [0, 0.05) is 15.3 Å². The molecule has 0 radical (unpaired) electrons. The Bertz CT molecular complexity index is 427. The van der Waals surface area contributed by atoms with Gasteiger partial charge in [-0.25, -0.2) is 4.39 Å². The van der Waals surface area contributed by atoms with Gasteiger partial charge in [0.05, 0.1) is 11.1 Å². The van der Waals surface area contributed by atoms with E-state index in [4.69, 9.17) is 17.4 Å². The van der Waals surface area contributed by atoms with Crippen LogP contribution in [-0.4, -0.2) is 11.0 Å². The lowest BCUT2D eigenvalue weighted by Gasteiger charge is -2.30. The second kappa shape index (κ2) is 6.57. The van der Waals surface area contributed by atoms with Gasteiger partial charge in [0.25, 0.3) is 0 Å². The predicted molar refractivity (Wildman–Crippen MR) is 79.3 cm³/mol. The summed E-state index contributed by atoms with van der Waals surface area (Å²) >= 11 is 11.0. The van der Waals surface area contributed by atoms with Gasteiger partial charge in [0.1, 0.15) is 5.82 Å². The molecular weight excluding hydrogens is 339 g/mol. The summed E-state index contributed by atoms with van der Waals surface area (Å²) < 4.78 is 14.8. The monoisotopic (exact) mass is 352 g/mol. The molecule has 3 N–H and O–H groups in total.